The maximum atomic E-state index is 5.91. The molecule has 1 rings (SSSR count). The number of rotatable bonds is 2. The Balaban J connectivity index is 2.99. The molecule has 0 aliphatic carbocycles. The van der Waals surface area contributed by atoms with Crippen LogP contribution in [0.25, 0.3) is 0 Å². The highest BCUT2D eigenvalue weighted by atomic mass is 35.5. The van der Waals surface area contributed by atoms with E-state index in [-0.39, 0.29) is 5.54 Å². The molecule has 0 aliphatic heterocycles. The average molecular weight is 214 g/mol. The summed E-state index contributed by atoms with van der Waals surface area (Å²) >= 11 is 5.91. The molecule has 0 fully saturated rings. The Labute approximate surface area is 90.2 Å². The summed E-state index contributed by atoms with van der Waals surface area (Å²) in [7, 11) is 1.65. The zero-order chi connectivity index (χ0) is 10.8. The summed E-state index contributed by atoms with van der Waals surface area (Å²) in [6.45, 7) is 6.27. The third-order valence-corrected chi connectivity index (χ3v) is 1.91. The van der Waals surface area contributed by atoms with Crippen LogP contribution in [0.4, 0.5) is 5.69 Å². The van der Waals surface area contributed by atoms with Gasteiger partial charge in [0, 0.05) is 10.6 Å². The van der Waals surface area contributed by atoms with Gasteiger partial charge in [-0.1, -0.05) is 11.6 Å². The monoisotopic (exact) mass is 213 g/mol. The van der Waals surface area contributed by atoms with E-state index in [1.807, 2.05) is 18.2 Å². The van der Waals surface area contributed by atoms with Gasteiger partial charge in [0.15, 0.2) is 0 Å². The van der Waals surface area contributed by atoms with Crippen molar-refractivity contribution in [3.05, 3.63) is 23.2 Å². The summed E-state index contributed by atoms with van der Waals surface area (Å²) in [4.78, 5) is 0. The number of benzene rings is 1. The molecule has 0 bridgehead atoms. The summed E-state index contributed by atoms with van der Waals surface area (Å²) in [5.41, 5.74) is 0.922. The number of hydrogen-bond donors (Lipinski definition) is 1. The molecule has 3 heteroatoms. The minimum absolute atomic E-state index is 0.00202. The van der Waals surface area contributed by atoms with Crippen LogP contribution in [0.3, 0.4) is 0 Å². The number of ether oxygens (including phenoxy) is 1. The molecule has 0 unspecified atom stereocenters. The SMILES string of the molecule is COc1ccc(Cl)cc1NC(C)(C)C. The van der Waals surface area contributed by atoms with Crippen LogP contribution in [0.15, 0.2) is 18.2 Å². The minimum Gasteiger partial charge on any atom is -0.495 e. The quantitative estimate of drug-likeness (QED) is 0.811. The molecule has 1 aromatic rings. The first-order chi connectivity index (χ1) is 6.42. The molecule has 1 N–H and O–H groups in total. The van der Waals surface area contributed by atoms with E-state index < -0.39 is 0 Å². The van der Waals surface area contributed by atoms with Crippen molar-refractivity contribution < 1.29 is 4.74 Å². The van der Waals surface area contributed by atoms with Crippen molar-refractivity contribution in [1.82, 2.24) is 0 Å². The van der Waals surface area contributed by atoms with E-state index in [0.717, 1.165) is 11.4 Å². The second-order valence-corrected chi connectivity index (χ2v) is 4.66. The third-order valence-electron chi connectivity index (χ3n) is 1.67. The van der Waals surface area contributed by atoms with E-state index in [1.54, 1.807) is 7.11 Å². The van der Waals surface area contributed by atoms with Crippen molar-refractivity contribution in [2.45, 2.75) is 26.3 Å². The minimum atomic E-state index is -0.00202. The van der Waals surface area contributed by atoms with E-state index in [0.29, 0.717) is 5.02 Å². The largest absolute Gasteiger partial charge is 0.495 e. The van der Waals surface area contributed by atoms with Crippen molar-refractivity contribution in [3.8, 4) is 5.75 Å². The molecule has 1 aromatic carbocycles. The predicted octanol–water partition coefficient (Wildman–Crippen LogP) is 3.56. The van der Waals surface area contributed by atoms with Crippen LogP contribution in [0.5, 0.6) is 5.75 Å². The standard InChI is InChI=1S/C11H16ClNO/c1-11(2,3)13-9-7-8(12)5-6-10(9)14-4/h5-7,13H,1-4H3. The molecule has 78 valence electrons. The van der Waals surface area contributed by atoms with Crippen LogP contribution < -0.4 is 10.1 Å². The average Bonchev–Trinajstić information content (AvgIpc) is 2.01. The normalized spacial score (nSPS) is 11.2. The van der Waals surface area contributed by atoms with Crippen LogP contribution in [-0.4, -0.2) is 12.6 Å². The summed E-state index contributed by atoms with van der Waals surface area (Å²) in [5.74, 6) is 0.810. The van der Waals surface area contributed by atoms with Crippen molar-refractivity contribution in [3.63, 3.8) is 0 Å². The number of halogens is 1. The maximum absolute atomic E-state index is 5.91. The zero-order valence-electron chi connectivity index (χ0n) is 9.02. The Hall–Kier alpha value is -0.890. The van der Waals surface area contributed by atoms with Gasteiger partial charge in [-0.3, -0.25) is 0 Å². The van der Waals surface area contributed by atoms with Crippen molar-refractivity contribution in [1.29, 1.82) is 0 Å². The highest BCUT2D eigenvalue weighted by molar-refractivity contribution is 6.30. The number of hydrogen-bond acceptors (Lipinski definition) is 2. The van der Waals surface area contributed by atoms with Gasteiger partial charge in [-0.05, 0) is 39.0 Å². The first-order valence-electron chi connectivity index (χ1n) is 4.54. The second kappa shape index (κ2) is 4.09. The predicted molar refractivity (Wildman–Crippen MR) is 61.4 cm³/mol. The molecule has 0 aromatic heterocycles. The van der Waals surface area contributed by atoms with Crippen LogP contribution in [0, 0.1) is 0 Å². The molecule has 2 nitrogen and oxygen atoms in total. The number of nitrogens with one attached hydrogen (secondary N) is 1. The topological polar surface area (TPSA) is 21.3 Å². The zero-order valence-corrected chi connectivity index (χ0v) is 9.77. The highest BCUT2D eigenvalue weighted by Gasteiger charge is 2.12. The van der Waals surface area contributed by atoms with Crippen molar-refractivity contribution in [2.75, 3.05) is 12.4 Å². The molecule has 0 amide bonds. The lowest BCUT2D eigenvalue weighted by atomic mass is 10.1. The molecule has 0 atom stereocenters. The molecule has 0 heterocycles. The highest BCUT2D eigenvalue weighted by Crippen LogP contribution is 2.29. The van der Waals surface area contributed by atoms with Gasteiger partial charge >= 0.3 is 0 Å². The lowest BCUT2D eigenvalue weighted by Crippen LogP contribution is -2.26. The van der Waals surface area contributed by atoms with E-state index in [1.165, 1.54) is 0 Å². The lowest BCUT2D eigenvalue weighted by Gasteiger charge is -2.23. The molecular weight excluding hydrogens is 198 g/mol. The molecule has 0 saturated carbocycles. The Morgan fingerprint density at radius 1 is 1.29 bits per heavy atom. The van der Waals surface area contributed by atoms with Crippen LogP contribution >= 0.6 is 11.6 Å². The van der Waals surface area contributed by atoms with Crippen molar-refractivity contribution in [2.24, 2.45) is 0 Å². The van der Waals surface area contributed by atoms with Gasteiger partial charge in [-0.2, -0.15) is 0 Å². The molecule has 0 radical (unpaired) electrons. The van der Waals surface area contributed by atoms with Crippen molar-refractivity contribution >= 4 is 17.3 Å². The lowest BCUT2D eigenvalue weighted by molar-refractivity contribution is 0.415. The van der Waals surface area contributed by atoms with Gasteiger partial charge < -0.3 is 10.1 Å². The van der Waals surface area contributed by atoms with Gasteiger partial charge in [0.05, 0.1) is 12.8 Å². The third kappa shape index (κ3) is 3.11. The Kier molecular flexibility index (Phi) is 3.27. The van der Waals surface area contributed by atoms with Gasteiger partial charge in [-0.25, -0.2) is 0 Å². The second-order valence-electron chi connectivity index (χ2n) is 4.22. The summed E-state index contributed by atoms with van der Waals surface area (Å²) in [6, 6.07) is 5.54. The van der Waals surface area contributed by atoms with E-state index >= 15 is 0 Å². The fourth-order valence-corrected chi connectivity index (χ4v) is 1.35. The van der Waals surface area contributed by atoms with Gasteiger partial charge in [0.2, 0.25) is 0 Å². The molecule has 0 saturated heterocycles. The van der Waals surface area contributed by atoms with Gasteiger partial charge in [0.25, 0.3) is 0 Å². The Bertz CT molecular complexity index is 318. The molecule has 14 heavy (non-hydrogen) atoms. The first kappa shape index (κ1) is 11.2. The number of anilines is 1. The molecule has 0 aliphatic rings. The summed E-state index contributed by atoms with van der Waals surface area (Å²) in [6.07, 6.45) is 0. The summed E-state index contributed by atoms with van der Waals surface area (Å²) in [5, 5.41) is 4.04. The molecule has 0 spiro atoms. The van der Waals surface area contributed by atoms with E-state index in [4.69, 9.17) is 16.3 Å². The fraction of sp³-hybridized carbons (Fsp3) is 0.455. The van der Waals surface area contributed by atoms with Gasteiger partial charge in [-0.15, -0.1) is 0 Å². The van der Waals surface area contributed by atoms with Crippen LogP contribution in [0.1, 0.15) is 20.8 Å². The summed E-state index contributed by atoms with van der Waals surface area (Å²) < 4.78 is 5.23. The number of methoxy groups -OCH3 is 1. The molecular formula is C11H16ClNO. The Morgan fingerprint density at radius 3 is 2.43 bits per heavy atom. The smallest absolute Gasteiger partial charge is 0.142 e. The van der Waals surface area contributed by atoms with E-state index in [9.17, 15) is 0 Å². The van der Waals surface area contributed by atoms with Crippen LogP contribution in [-0.2, 0) is 0 Å². The van der Waals surface area contributed by atoms with E-state index in [2.05, 4.69) is 26.1 Å². The maximum Gasteiger partial charge on any atom is 0.142 e. The fourth-order valence-electron chi connectivity index (χ4n) is 1.18. The van der Waals surface area contributed by atoms with Crippen LogP contribution in [0.2, 0.25) is 5.02 Å². The first-order valence-corrected chi connectivity index (χ1v) is 4.92. The van der Waals surface area contributed by atoms with Gasteiger partial charge in [0.1, 0.15) is 5.75 Å². The Morgan fingerprint density at radius 2 is 1.93 bits per heavy atom.